The Bertz CT molecular complexity index is 623. The van der Waals surface area contributed by atoms with E-state index >= 15 is 0 Å². The van der Waals surface area contributed by atoms with Crippen molar-refractivity contribution in [1.29, 1.82) is 5.26 Å². The zero-order valence-electron chi connectivity index (χ0n) is 9.75. The van der Waals surface area contributed by atoms with Crippen LogP contribution in [0, 0.1) is 11.3 Å². The number of H-pyrrole nitrogens is 1. The molecule has 1 N–H and O–H groups in total. The Kier molecular flexibility index (Phi) is 3.17. The van der Waals surface area contributed by atoms with Crippen LogP contribution in [-0.4, -0.2) is 17.3 Å². The highest BCUT2D eigenvalue weighted by Gasteiger charge is 2.38. The Labute approximate surface area is 106 Å². The van der Waals surface area contributed by atoms with Crippen LogP contribution in [-0.2, 0) is 6.18 Å². The number of ether oxygens (including phenoxy) is 1. The smallest absolute Gasteiger partial charge is 0.436 e. The van der Waals surface area contributed by atoms with Gasteiger partial charge >= 0.3 is 6.18 Å². The van der Waals surface area contributed by atoms with Crippen molar-refractivity contribution in [3.8, 4) is 23.1 Å². The van der Waals surface area contributed by atoms with E-state index in [0.29, 0.717) is 11.3 Å². The normalized spacial score (nSPS) is 11.1. The zero-order valence-corrected chi connectivity index (χ0v) is 9.75. The van der Waals surface area contributed by atoms with Gasteiger partial charge in [-0.2, -0.15) is 23.5 Å². The number of halogens is 3. The van der Waals surface area contributed by atoms with Gasteiger partial charge in [0.25, 0.3) is 0 Å². The van der Waals surface area contributed by atoms with Gasteiger partial charge in [0.15, 0.2) is 5.69 Å². The number of aromatic amines is 1. The fourth-order valence-electron chi connectivity index (χ4n) is 1.62. The number of nitrogens with zero attached hydrogens (tertiary/aromatic N) is 2. The summed E-state index contributed by atoms with van der Waals surface area (Å²) in [7, 11) is 1.48. The van der Waals surface area contributed by atoms with E-state index in [4.69, 9.17) is 10.00 Å². The van der Waals surface area contributed by atoms with Crippen molar-refractivity contribution < 1.29 is 17.9 Å². The summed E-state index contributed by atoms with van der Waals surface area (Å²) in [6, 6.07) is 7.81. The molecule has 0 amide bonds. The Balaban J connectivity index is 2.51. The highest BCUT2D eigenvalue weighted by Crippen LogP contribution is 2.34. The minimum absolute atomic E-state index is 0.0393. The predicted molar refractivity (Wildman–Crippen MR) is 60.3 cm³/mol. The number of nitrogens with one attached hydrogen (secondary N) is 1. The van der Waals surface area contributed by atoms with E-state index in [2.05, 4.69) is 10.2 Å². The van der Waals surface area contributed by atoms with Crippen LogP contribution in [0.15, 0.2) is 24.3 Å². The molecular weight excluding hydrogens is 259 g/mol. The summed E-state index contributed by atoms with van der Waals surface area (Å²) in [4.78, 5) is 0. The third-order valence-electron chi connectivity index (χ3n) is 2.53. The molecule has 2 rings (SSSR count). The van der Waals surface area contributed by atoms with Crippen LogP contribution in [0.1, 0.15) is 11.3 Å². The average Bonchev–Trinajstić information content (AvgIpc) is 2.82. The lowest BCUT2D eigenvalue weighted by molar-refractivity contribution is -0.141. The van der Waals surface area contributed by atoms with E-state index in [-0.39, 0.29) is 5.69 Å². The molecule has 98 valence electrons. The van der Waals surface area contributed by atoms with E-state index in [0.717, 1.165) is 0 Å². The van der Waals surface area contributed by atoms with Gasteiger partial charge in [0.1, 0.15) is 17.4 Å². The molecule has 0 aliphatic rings. The van der Waals surface area contributed by atoms with Crippen LogP contribution >= 0.6 is 0 Å². The number of rotatable bonds is 2. The van der Waals surface area contributed by atoms with Gasteiger partial charge in [0.05, 0.1) is 12.8 Å². The summed E-state index contributed by atoms with van der Waals surface area (Å²) < 4.78 is 42.8. The fourth-order valence-corrected chi connectivity index (χ4v) is 1.62. The summed E-state index contributed by atoms with van der Waals surface area (Å²) in [5, 5.41) is 14.3. The van der Waals surface area contributed by atoms with Gasteiger partial charge in [-0.15, -0.1) is 0 Å². The standard InChI is InChI=1S/C12H8F3N3O/c1-19-8-4-2-7(3-5-8)10-9(6-16)11(18-17-10)12(13,14)15/h2-5H,1H3,(H,17,18). The first-order chi connectivity index (χ1) is 8.97. The second-order valence-corrected chi connectivity index (χ2v) is 3.66. The van der Waals surface area contributed by atoms with Gasteiger partial charge in [-0.25, -0.2) is 0 Å². The van der Waals surface area contributed by atoms with Gasteiger partial charge in [0.2, 0.25) is 0 Å². The first kappa shape index (κ1) is 13.0. The SMILES string of the molecule is COc1ccc(-c2[nH]nc(C(F)(F)F)c2C#N)cc1. The van der Waals surface area contributed by atoms with Crippen molar-refractivity contribution >= 4 is 0 Å². The minimum Gasteiger partial charge on any atom is -0.497 e. The number of benzene rings is 1. The summed E-state index contributed by atoms with van der Waals surface area (Å²) in [5.74, 6) is 0.567. The number of hydrogen-bond donors (Lipinski definition) is 1. The summed E-state index contributed by atoms with van der Waals surface area (Å²) in [6.45, 7) is 0. The topological polar surface area (TPSA) is 61.7 Å². The van der Waals surface area contributed by atoms with Crippen molar-refractivity contribution in [3.63, 3.8) is 0 Å². The average molecular weight is 267 g/mol. The van der Waals surface area contributed by atoms with Crippen molar-refractivity contribution in [3.05, 3.63) is 35.5 Å². The van der Waals surface area contributed by atoms with Crippen LogP contribution in [0.4, 0.5) is 13.2 Å². The molecule has 1 aromatic heterocycles. The minimum atomic E-state index is -4.66. The van der Waals surface area contributed by atoms with E-state index in [1.807, 2.05) is 0 Å². The lowest BCUT2D eigenvalue weighted by atomic mass is 10.1. The molecule has 0 saturated heterocycles. The number of nitriles is 1. The first-order valence-electron chi connectivity index (χ1n) is 5.17. The van der Waals surface area contributed by atoms with E-state index in [9.17, 15) is 13.2 Å². The largest absolute Gasteiger partial charge is 0.497 e. The fraction of sp³-hybridized carbons (Fsp3) is 0.167. The number of aromatic nitrogens is 2. The molecule has 0 aliphatic carbocycles. The molecule has 0 unspecified atom stereocenters. The quantitative estimate of drug-likeness (QED) is 0.909. The molecule has 0 spiro atoms. The Morgan fingerprint density at radius 3 is 2.37 bits per heavy atom. The van der Waals surface area contributed by atoms with Gasteiger partial charge in [-0.3, -0.25) is 5.10 Å². The predicted octanol–water partition coefficient (Wildman–Crippen LogP) is 2.98. The van der Waals surface area contributed by atoms with E-state index in [1.165, 1.54) is 13.2 Å². The molecule has 0 radical (unpaired) electrons. The molecule has 0 atom stereocenters. The molecule has 19 heavy (non-hydrogen) atoms. The highest BCUT2D eigenvalue weighted by atomic mass is 19.4. The molecule has 0 saturated carbocycles. The molecule has 1 heterocycles. The van der Waals surface area contributed by atoms with Crippen molar-refractivity contribution in [2.45, 2.75) is 6.18 Å². The van der Waals surface area contributed by atoms with Crippen LogP contribution in [0.5, 0.6) is 5.75 Å². The van der Waals surface area contributed by atoms with E-state index < -0.39 is 17.4 Å². The number of alkyl halides is 3. The summed E-state index contributed by atoms with van der Waals surface area (Å²) in [5.41, 5.74) is -1.25. The Morgan fingerprint density at radius 1 is 1.26 bits per heavy atom. The first-order valence-corrected chi connectivity index (χ1v) is 5.17. The maximum Gasteiger partial charge on any atom is 0.436 e. The molecule has 0 fully saturated rings. The molecular formula is C12H8F3N3O. The van der Waals surface area contributed by atoms with Crippen molar-refractivity contribution in [1.82, 2.24) is 10.2 Å². The number of hydrogen-bond acceptors (Lipinski definition) is 3. The van der Waals surface area contributed by atoms with Crippen LogP contribution in [0.25, 0.3) is 11.3 Å². The summed E-state index contributed by atoms with van der Waals surface area (Å²) in [6.07, 6.45) is -4.66. The Morgan fingerprint density at radius 2 is 1.89 bits per heavy atom. The second kappa shape index (κ2) is 4.65. The Hall–Kier alpha value is -2.49. The van der Waals surface area contributed by atoms with Gasteiger partial charge in [-0.1, -0.05) is 0 Å². The summed E-state index contributed by atoms with van der Waals surface area (Å²) >= 11 is 0. The lowest BCUT2D eigenvalue weighted by Crippen LogP contribution is -2.07. The van der Waals surface area contributed by atoms with E-state index in [1.54, 1.807) is 24.3 Å². The second-order valence-electron chi connectivity index (χ2n) is 3.66. The molecule has 4 nitrogen and oxygen atoms in total. The maximum absolute atomic E-state index is 12.6. The van der Waals surface area contributed by atoms with Gasteiger partial charge in [0, 0.05) is 5.56 Å². The third-order valence-corrected chi connectivity index (χ3v) is 2.53. The van der Waals surface area contributed by atoms with Crippen LogP contribution in [0.2, 0.25) is 0 Å². The molecule has 7 heteroatoms. The molecule has 1 aromatic carbocycles. The monoisotopic (exact) mass is 267 g/mol. The zero-order chi connectivity index (χ0) is 14.0. The molecule has 0 aliphatic heterocycles. The van der Waals surface area contributed by atoms with Gasteiger partial charge in [-0.05, 0) is 24.3 Å². The molecule has 2 aromatic rings. The lowest BCUT2D eigenvalue weighted by Gasteiger charge is -2.03. The molecule has 0 bridgehead atoms. The van der Waals surface area contributed by atoms with Crippen LogP contribution in [0.3, 0.4) is 0 Å². The van der Waals surface area contributed by atoms with Crippen LogP contribution < -0.4 is 4.74 Å². The van der Waals surface area contributed by atoms with Gasteiger partial charge < -0.3 is 4.74 Å². The highest BCUT2D eigenvalue weighted by molar-refractivity contribution is 5.68. The van der Waals surface area contributed by atoms with Crippen molar-refractivity contribution in [2.24, 2.45) is 0 Å². The van der Waals surface area contributed by atoms with Crippen molar-refractivity contribution in [2.75, 3.05) is 7.11 Å². The third kappa shape index (κ3) is 2.38. The maximum atomic E-state index is 12.6. The number of methoxy groups -OCH3 is 1.